The molecule has 0 radical (unpaired) electrons. The Morgan fingerprint density at radius 1 is 1.08 bits per heavy atom. The highest BCUT2D eigenvalue weighted by molar-refractivity contribution is 4.90. The zero-order chi connectivity index (χ0) is 9.26. The van der Waals surface area contributed by atoms with Gasteiger partial charge in [-0.1, -0.05) is 0 Å². The zero-order valence-corrected chi connectivity index (χ0v) is 8.92. The molecule has 2 nitrogen and oxygen atoms in total. The van der Waals surface area contributed by atoms with Crippen molar-refractivity contribution in [2.24, 2.45) is 0 Å². The van der Waals surface area contributed by atoms with E-state index in [0.29, 0.717) is 0 Å². The third-order valence-electron chi connectivity index (χ3n) is 3.71. The highest BCUT2D eigenvalue weighted by Gasteiger charge is 2.33. The van der Waals surface area contributed by atoms with E-state index in [9.17, 15) is 0 Å². The molecule has 2 heterocycles. The van der Waals surface area contributed by atoms with E-state index in [1.807, 2.05) is 0 Å². The molecular formula is C11H22N2. The van der Waals surface area contributed by atoms with Crippen LogP contribution in [-0.2, 0) is 0 Å². The van der Waals surface area contributed by atoms with Crippen molar-refractivity contribution in [1.29, 1.82) is 0 Å². The van der Waals surface area contributed by atoms with Gasteiger partial charge in [-0.2, -0.15) is 0 Å². The van der Waals surface area contributed by atoms with Gasteiger partial charge in [0.15, 0.2) is 0 Å². The van der Waals surface area contributed by atoms with Gasteiger partial charge in [0.25, 0.3) is 0 Å². The van der Waals surface area contributed by atoms with E-state index in [2.05, 4.69) is 24.1 Å². The largest absolute Gasteiger partial charge is 0.315 e. The van der Waals surface area contributed by atoms with E-state index in [0.717, 1.165) is 18.1 Å². The van der Waals surface area contributed by atoms with Crippen molar-refractivity contribution in [2.45, 2.75) is 57.7 Å². The monoisotopic (exact) mass is 182 g/mol. The van der Waals surface area contributed by atoms with Crippen molar-refractivity contribution in [3.05, 3.63) is 0 Å². The number of hydrogen-bond donors (Lipinski definition) is 1. The molecule has 1 N–H and O–H groups in total. The van der Waals surface area contributed by atoms with Crippen LogP contribution in [0.5, 0.6) is 0 Å². The number of nitrogens with zero attached hydrogens (tertiary/aromatic N) is 1. The Kier molecular flexibility index (Phi) is 2.89. The fraction of sp³-hybridized carbons (Fsp3) is 1.00. The molecule has 2 aliphatic rings. The summed E-state index contributed by atoms with van der Waals surface area (Å²) in [6, 6.07) is 2.46. The summed E-state index contributed by atoms with van der Waals surface area (Å²) in [6.07, 6.45) is 5.57. The van der Waals surface area contributed by atoms with Gasteiger partial charge in [0.2, 0.25) is 0 Å². The number of nitrogens with one attached hydrogen (secondary N) is 1. The molecule has 0 aromatic heterocycles. The van der Waals surface area contributed by atoms with Crippen LogP contribution < -0.4 is 5.32 Å². The Morgan fingerprint density at radius 3 is 2.31 bits per heavy atom. The van der Waals surface area contributed by atoms with Crippen LogP contribution in [0.15, 0.2) is 0 Å². The molecule has 0 aromatic carbocycles. The summed E-state index contributed by atoms with van der Waals surface area (Å²) in [6.45, 7) is 7.22. The molecular weight excluding hydrogens is 160 g/mol. The smallest absolute Gasteiger partial charge is 0.0226 e. The second-order valence-electron chi connectivity index (χ2n) is 4.72. The van der Waals surface area contributed by atoms with Crippen molar-refractivity contribution < 1.29 is 0 Å². The van der Waals surface area contributed by atoms with Crippen molar-refractivity contribution in [2.75, 3.05) is 13.1 Å². The lowest BCUT2D eigenvalue weighted by molar-refractivity contribution is 0.122. The predicted octanol–water partition coefficient (Wildman–Crippen LogP) is 1.61. The van der Waals surface area contributed by atoms with E-state index in [4.69, 9.17) is 0 Å². The first-order chi connectivity index (χ1) is 6.29. The van der Waals surface area contributed by atoms with Crippen LogP contribution in [0.25, 0.3) is 0 Å². The first kappa shape index (κ1) is 9.47. The fourth-order valence-corrected chi connectivity index (χ4v) is 3.02. The summed E-state index contributed by atoms with van der Waals surface area (Å²) in [5, 5.41) is 3.51. The van der Waals surface area contributed by atoms with E-state index < -0.39 is 0 Å². The van der Waals surface area contributed by atoms with Gasteiger partial charge in [0.05, 0.1) is 0 Å². The summed E-state index contributed by atoms with van der Waals surface area (Å²) in [5.74, 6) is 0. The Morgan fingerprint density at radius 2 is 1.77 bits per heavy atom. The van der Waals surface area contributed by atoms with Crippen LogP contribution in [0.1, 0.15) is 39.5 Å². The Labute approximate surface area is 81.7 Å². The van der Waals surface area contributed by atoms with Gasteiger partial charge in [-0.15, -0.1) is 0 Å². The molecule has 2 rings (SSSR count). The molecule has 0 spiro atoms. The maximum Gasteiger partial charge on any atom is 0.0226 e. The van der Waals surface area contributed by atoms with E-state index in [1.165, 1.54) is 38.8 Å². The first-order valence-corrected chi connectivity index (χ1v) is 5.77. The lowest BCUT2D eigenvalue weighted by Crippen LogP contribution is -2.49. The highest BCUT2D eigenvalue weighted by Crippen LogP contribution is 2.28. The van der Waals surface area contributed by atoms with Gasteiger partial charge in [-0.3, -0.25) is 4.90 Å². The average Bonchev–Trinajstić information content (AvgIpc) is 2.48. The van der Waals surface area contributed by atoms with Gasteiger partial charge >= 0.3 is 0 Å². The van der Waals surface area contributed by atoms with Gasteiger partial charge in [-0.05, 0) is 46.1 Å². The molecule has 2 saturated heterocycles. The summed E-state index contributed by atoms with van der Waals surface area (Å²) >= 11 is 0. The second-order valence-corrected chi connectivity index (χ2v) is 4.72. The number of likely N-dealkylation sites (tertiary alicyclic amines) is 1. The van der Waals surface area contributed by atoms with Gasteiger partial charge < -0.3 is 5.32 Å². The molecule has 2 aliphatic heterocycles. The molecule has 2 heteroatoms. The van der Waals surface area contributed by atoms with Crippen LogP contribution in [-0.4, -0.2) is 36.1 Å². The molecule has 0 aromatic rings. The van der Waals surface area contributed by atoms with Crippen LogP contribution in [0.3, 0.4) is 0 Å². The van der Waals surface area contributed by atoms with Gasteiger partial charge in [0.1, 0.15) is 0 Å². The minimum absolute atomic E-state index is 0.819. The Hall–Kier alpha value is -0.0800. The minimum Gasteiger partial charge on any atom is -0.315 e. The summed E-state index contributed by atoms with van der Waals surface area (Å²) in [7, 11) is 0. The molecule has 0 amide bonds. The van der Waals surface area contributed by atoms with Gasteiger partial charge in [0, 0.05) is 24.7 Å². The van der Waals surface area contributed by atoms with Crippen LogP contribution >= 0.6 is 0 Å². The van der Waals surface area contributed by atoms with E-state index in [-0.39, 0.29) is 0 Å². The maximum atomic E-state index is 3.51. The average molecular weight is 182 g/mol. The summed E-state index contributed by atoms with van der Waals surface area (Å²) in [5.41, 5.74) is 0. The normalized spacial score (nSPS) is 42.5. The maximum absolute atomic E-state index is 3.51. The highest BCUT2D eigenvalue weighted by atomic mass is 15.2. The Bertz CT molecular complexity index is 153. The molecule has 76 valence electrons. The third-order valence-corrected chi connectivity index (χ3v) is 3.71. The van der Waals surface area contributed by atoms with Crippen LogP contribution in [0.2, 0.25) is 0 Å². The number of hydrogen-bond acceptors (Lipinski definition) is 2. The molecule has 2 fully saturated rings. The van der Waals surface area contributed by atoms with Gasteiger partial charge in [-0.25, -0.2) is 0 Å². The number of rotatable bonds is 1. The topological polar surface area (TPSA) is 15.3 Å². The zero-order valence-electron chi connectivity index (χ0n) is 8.92. The van der Waals surface area contributed by atoms with Crippen LogP contribution in [0, 0.1) is 0 Å². The molecule has 0 aliphatic carbocycles. The van der Waals surface area contributed by atoms with Crippen LogP contribution in [0.4, 0.5) is 0 Å². The SMILES string of the molecule is CC1CCC(C)N1C1CCCNC1. The molecule has 3 atom stereocenters. The molecule has 13 heavy (non-hydrogen) atoms. The summed E-state index contributed by atoms with van der Waals surface area (Å²) < 4.78 is 0. The third kappa shape index (κ3) is 1.89. The lowest BCUT2D eigenvalue weighted by Gasteiger charge is -2.37. The minimum atomic E-state index is 0.819. The quantitative estimate of drug-likeness (QED) is 0.663. The van der Waals surface area contributed by atoms with Crippen molar-refractivity contribution >= 4 is 0 Å². The van der Waals surface area contributed by atoms with Crippen molar-refractivity contribution in [3.63, 3.8) is 0 Å². The van der Waals surface area contributed by atoms with E-state index >= 15 is 0 Å². The summed E-state index contributed by atoms with van der Waals surface area (Å²) in [4.78, 5) is 2.74. The van der Waals surface area contributed by atoms with Crippen molar-refractivity contribution in [3.8, 4) is 0 Å². The first-order valence-electron chi connectivity index (χ1n) is 5.77. The lowest BCUT2D eigenvalue weighted by atomic mass is 10.0. The second kappa shape index (κ2) is 3.97. The van der Waals surface area contributed by atoms with Crippen molar-refractivity contribution in [1.82, 2.24) is 10.2 Å². The molecule has 3 unspecified atom stereocenters. The Balaban J connectivity index is 1.96. The van der Waals surface area contributed by atoms with E-state index in [1.54, 1.807) is 0 Å². The predicted molar refractivity (Wildman–Crippen MR) is 55.9 cm³/mol. The molecule has 0 saturated carbocycles. The fourth-order valence-electron chi connectivity index (χ4n) is 3.02. The standard InChI is InChI=1S/C11H22N2/c1-9-5-6-10(2)13(9)11-4-3-7-12-8-11/h9-12H,3-8H2,1-2H3. The molecule has 0 bridgehead atoms. The number of piperidine rings is 1.